The first-order valence-electron chi connectivity index (χ1n) is 11.6. The third-order valence-corrected chi connectivity index (χ3v) is 4.23. The summed E-state index contributed by atoms with van der Waals surface area (Å²) in [6.07, 6.45) is 2.51. The Labute approximate surface area is 201 Å². The van der Waals surface area contributed by atoms with Gasteiger partial charge in [0.15, 0.2) is 0 Å². The van der Waals surface area contributed by atoms with Crippen LogP contribution in [0.3, 0.4) is 0 Å². The Kier molecular flexibility index (Phi) is 20.9. The van der Waals surface area contributed by atoms with Crippen LogP contribution in [0.25, 0.3) is 0 Å². The van der Waals surface area contributed by atoms with Gasteiger partial charge in [0.1, 0.15) is 0 Å². The first-order chi connectivity index (χ1) is 16.8. The van der Waals surface area contributed by atoms with Gasteiger partial charge in [0.2, 0.25) is 0 Å². The second-order valence-electron chi connectivity index (χ2n) is 6.85. The van der Waals surface area contributed by atoms with Crippen molar-refractivity contribution in [3.63, 3.8) is 0 Å². The van der Waals surface area contributed by atoms with Crippen molar-refractivity contribution in [2.24, 2.45) is 5.73 Å². The van der Waals surface area contributed by atoms with Gasteiger partial charge in [-0.1, -0.05) is 0 Å². The van der Waals surface area contributed by atoms with Crippen molar-refractivity contribution in [3.05, 3.63) is 12.2 Å². The zero-order valence-electron chi connectivity index (χ0n) is 20.0. The molecule has 2 N–H and O–H groups in total. The van der Waals surface area contributed by atoms with Crippen molar-refractivity contribution >= 4 is 11.8 Å². The SMILES string of the molecule is NCCOCCOCCOCCOCCOCCOCCOCCOCCN1C(=O)C=CC1=O. The quantitative estimate of drug-likeness (QED) is 0.118. The number of nitrogens with zero attached hydrogens (tertiary/aromatic N) is 1. The lowest BCUT2D eigenvalue weighted by Crippen LogP contribution is -2.33. The van der Waals surface area contributed by atoms with Crippen molar-refractivity contribution in [3.8, 4) is 0 Å². The summed E-state index contributed by atoms with van der Waals surface area (Å²) in [5, 5.41) is 0. The maximum Gasteiger partial charge on any atom is 0.253 e. The number of ether oxygens (including phenoxy) is 8. The highest BCUT2D eigenvalue weighted by atomic mass is 16.6. The van der Waals surface area contributed by atoms with Crippen LogP contribution < -0.4 is 5.73 Å². The Morgan fingerprint density at radius 1 is 0.471 bits per heavy atom. The lowest BCUT2D eigenvalue weighted by molar-refractivity contribution is -0.137. The first kappa shape index (κ1) is 30.6. The van der Waals surface area contributed by atoms with Crippen molar-refractivity contribution in [2.75, 3.05) is 119 Å². The molecule has 0 fully saturated rings. The number of carbonyl (C=O) groups excluding carboxylic acids is 2. The standard InChI is InChI=1S/C22H40N2O10/c23-3-5-27-7-9-29-11-13-31-15-17-33-19-20-34-18-16-32-14-12-30-10-8-28-6-4-24-21(25)1-2-22(24)26/h1-2H,3-20,23H2. The summed E-state index contributed by atoms with van der Waals surface area (Å²) < 4.78 is 42.9. The molecule has 12 nitrogen and oxygen atoms in total. The third kappa shape index (κ3) is 17.9. The van der Waals surface area contributed by atoms with E-state index in [1.807, 2.05) is 0 Å². The topological polar surface area (TPSA) is 137 Å². The van der Waals surface area contributed by atoms with Gasteiger partial charge in [0, 0.05) is 18.7 Å². The van der Waals surface area contributed by atoms with Gasteiger partial charge in [-0.05, 0) is 0 Å². The normalized spacial score (nSPS) is 13.5. The molecule has 0 saturated heterocycles. The van der Waals surface area contributed by atoms with Crippen LogP contribution in [-0.4, -0.2) is 136 Å². The lowest BCUT2D eigenvalue weighted by atomic mass is 10.5. The Morgan fingerprint density at radius 2 is 0.735 bits per heavy atom. The second kappa shape index (κ2) is 23.3. The zero-order valence-corrected chi connectivity index (χ0v) is 20.0. The highest BCUT2D eigenvalue weighted by Gasteiger charge is 2.22. The van der Waals surface area contributed by atoms with E-state index in [1.165, 1.54) is 12.2 Å². The average molecular weight is 493 g/mol. The molecule has 0 aromatic heterocycles. The van der Waals surface area contributed by atoms with Gasteiger partial charge >= 0.3 is 0 Å². The Hall–Kier alpha value is -1.48. The molecule has 0 aromatic carbocycles. The highest BCUT2D eigenvalue weighted by molar-refractivity contribution is 6.12. The molecule has 12 heteroatoms. The van der Waals surface area contributed by atoms with E-state index >= 15 is 0 Å². The summed E-state index contributed by atoms with van der Waals surface area (Å²) in [6, 6.07) is 0. The summed E-state index contributed by atoms with van der Waals surface area (Å²) >= 11 is 0. The van der Waals surface area contributed by atoms with Crippen LogP contribution in [0.2, 0.25) is 0 Å². The Balaban J connectivity index is 1.66. The van der Waals surface area contributed by atoms with Crippen LogP contribution in [0.1, 0.15) is 0 Å². The van der Waals surface area contributed by atoms with E-state index in [4.69, 9.17) is 43.6 Å². The van der Waals surface area contributed by atoms with Crippen molar-refractivity contribution < 1.29 is 47.5 Å². The summed E-state index contributed by atoms with van der Waals surface area (Å²) in [6.45, 7) is 8.42. The van der Waals surface area contributed by atoms with Gasteiger partial charge in [-0.3, -0.25) is 14.5 Å². The van der Waals surface area contributed by atoms with Gasteiger partial charge in [-0.2, -0.15) is 0 Å². The highest BCUT2D eigenvalue weighted by Crippen LogP contribution is 2.02. The van der Waals surface area contributed by atoms with E-state index in [1.54, 1.807) is 0 Å². The van der Waals surface area contributed by atoms with Crippen LogP contribution in [-0.2, 0) is 47.5 Å². The van der Waals surface area contributed by atoms with E-state index in [0.29, 0.717) is 106 Å². The zero-order chi connectivity index (χ0) is 24.5. The molecule has 0 bridgehead atoms. The maximum atomic E-state index is 11.3. The van der Waals surface area contributed by atoms with Crippen LogP contribution >= 0.6 is 0 Å². The number of nitrogens with two attached hydrogens (primary N) is 1. The number of rotatable bonds is 26. The number of hydrogen-bond acceptors (Lipinski definition) is 11. The molecule has 0 aliphatic carbocycles. The van der Waals surface area contributed by atoms with Gasteiger partial charge in [-0.25, -0.2) is 0 Å². The minimum Gasteiger partial charge on any atom is -0.378 e. The molecule has 1 rings (SSSR count). The van der Waals surface area contributed by atoms with Gasteiger partial charge < -0.3 is 43.6 Å². The number of imide groups is 1. The van der Waals surface area contributed by atoms with Crippen molar-refractivity contribution in [2.45, 2.75) is 0 Å². The van der Waals surface area contributed by atoms with Crippen LogP contribution in [0, 0.1) is 0 Å². The number of carbonyl (C=O) groups is 2. The van der Waals surface area contributed by atoms with E-state index in [9.17, 15) is 9.59 Å². The third-order valence-electron chi connectivity index (χ3n) is 4.23. The fourth-order valence-electron chi connectivity index (χ4n) is 2.53. The fourth-order valence-corrected chi connectivity index (χ4v) is 2.53. The van der Waals surface area contributed by atoms with Crippen LogP contribution in [0.5, 0.6) is 0 Å². The molecule has 1 aliphatic rings. The number of amides is 2. The Bertz CT molecular complexity index is 518. The fraction of sp³-hybridized carbons (Fsp3) is 0.818. The second-order valence-corrected chi connectivity index (χ2v) is 6.85. The summed E-state index contributed by atoms with van der Waals surface area (Å²) in [5.74, 6) is -0.606. The predicted molar refractivity (Wildman–Crippen MR) is 121 cm³/mol. The van der Waals surface area contributed by atoms with Crippen molar-refractivity contribution in [1.29, 1.82) is 0 Å². The van der Waals surface area contributed by atoms with Gasteiger partial charge in [0.25, 0.3) is 11.8 Å². The van der Waals surface area contributed by atoms with Crippen molar-refractivity contribution in [1.82, 2.24) is 4.90 Å². The molecular weight excluding hydrogens is 452 g/mol. The molecule has 1 heterocycles. The van der Waals surface area contributed by atoms with E-state index < -0.39 is 0 Å². The molecule has 0 unspecified atom stereocenters. The lowest BCUT2D eigenvalue weighted by Gasteiger charge is -2.13. The summed E-state index contributed by atoms with van der Waals surface area (Å²) in [5.41, 5.74) is 5.31. The average Bonchev–Trinajstić information content (AvgIpc) is 3.16. The molecule has 0 radical (unpaired) electrons. The first-order valence-corrected chi connectivity index (χ1v) is 11.6. The molecule has 0 aromatic rings. The smallest absolute Gasteiger partial charge is 0.253 e. The largest absolute Gasteiger partial charge is 0.378 e. The molecule has 2 amide bonds. The molecule has 198 valence electrons. The molecule has 1 aliphatic heterocycles. The van der Waals surface area contributed by atoms with E-state index in [-0.39, 0.29) is 25.0 Å². The molecule has 0 atom stereocenters. The van der Waals surface area contributed by atoms with Crippen LogP contribution in [0.15, 0.2) is 12.2 Å². The number of hydrogen-bond donors (Lipinski definition) is 1. The monoisotopic (exact) mass is 492 g/mol. The summed E-state index contributed by atoms with van der Waals surface area (Å²) in [7, 11) is 0. The minimum absolute atomic E-state index is 0.245. The maximum absolute atomic E-state index is 11.3. The van der Waals surface area contributed by atoms with Gasteiger partial charge in [0.05, 0.1) is 112 Å². The molecule has 0 spiro atoms. The Morgan fingerprint density at radius 3 is 1.03 bits per heavy atom. The van der Waals surface area contributed by atoms with Gasteiger partial charge in [-0.15, -0.1) is 0 Å². The van der Waals surface area contributed by atoms with Crippen LogP contribution in [0.4, 0.5) is 0 Å². The summed E-state index contributed by atoms with van der Waals surface area (Å²) in [4.78, 5) is 23.8. The molecule has 34 heavy (non-hydrogen) atoms. The molecular formula is C22H40N2O10. The molecule has 0 saturated carbocycles. The van der Waals surface area contributed by atoms with E-state index in [2.05, 4.69) is 0 Å². The predicted octanol–water partition coefficient (Wildman–Crippen LogP) is -0.997. The van der Waals surface area contributed by atoms with E-state index in [0.717, 1.165) is 4.90 Å². The minimum atomic E-state index is -0.303.